The lowest BCUT2D eigenvalue weighted by Gasteiger charge is -2.27. The second kappa shape index (κ2) is 9.26. The van der Waals surface area contributed by atoms with E-state index in [0.29, 0.717) is 19.0 Å². The van der Waals surface area contributed by atoms with Crippen molar-refractivity contribution in [2.75, 3.05) is 19.7 Å². The van der Waals surface area contributed by atoms with E-state index in [1.165, 1.54) is 12.0 Å². The number of ether oxygens (including phenoxy) is 1. The van der Waals surface area contributed by atoms with Crippen molar-refractivity contribution in [1.29, 1.82) is 0 Å². The van der Waals surface area contributed by atoms with Gasteiger partial charge in [-0.2, -0.15) is 0 Å². The second-order valence-electron chi connectivity index (χ2n) is 6.39. The van der Waals surface area contributed by atoms with Gasteiger partial charge in [-0.3, -0.25) is 4.79 Å². The smallest absolute Gasteiger partial charge is 0.224 e. The molecular formula is C18H27ClN2O2. The SMILES string of the molecule is Cl.O=C(CC1CCCN1)N(Cc1ccccc1)CC1CCCO1. The van der Waals surface area contributed by atoms with Crippen LogP contribution in [-0.2, 0) is 16.1 Å². The molecule has 2 saturated heterocycles. The normalized spacial score (nSPS) is 23.5. The van der Waals surface area contributed by atoms with Crippen LogP contribution in [-0.4, -0.2) is 42.6 Å². The largest absolute Gasteiger partial charge is 0.376 e. The van der Waals surface area contributed by atoms with Gasteiger partial charge in [-0.15, -0.1) is 12.4 Å². The van der Waals surface area contributed by atoms with Crippen LogP contribution in [0.25, 0.3) is 0 Å². The van der Waals surface area contributed by atoms with Gasteiger partial charge < -0.3 is 15.0 Å². The second-order valence-corrected chi connectivity index (χ2v) is 6.39. The molecule has 0 radical (unpaired) electrons. The number of hydrogen-bond acceptors (Lipinski definition) is 3. The van der Waals surface area contributed by atoms with Gasteiger partial charge in [0, 0.05) is 32.2 Å². The van der Waals surface area contributed by atoms with Crippen LogP contribution in [0.1, 0.15) is 37.7 Å². The third-order valence-corrected chi connectivity index (χ3v) is 4.60. The molecule has 1 amide bonds. The molecule has 2 heterocycles. The molecule has 5 heteroatoms. The van der Waals surface area contributed by atoms with Crippen molar-refractivity contribution in [3.63, 3.8) is 0 Å². The Balaban J connectivity index is 0.00000192. The molecule has 1 N–H and O–H groups in total. The Labute approximate surface area is 145 Å². The molecule has 0 aromatic heterocycles. The zero-order chi connectivity index (χ0) is 15.2. The fourth-order valence-electron chi connectivity index (χ4n) is 3.36. The lowest BCUT2D eigenvalue weighted by molar-refractivity contribution is -0.133. The van der Waals surface area contributed by atoms with E-state index in [2.05, 4.69) is 17.4 Å². The van der Waals surface area contributed by atoms with Gasteiger partial charge in [0.15, 0.2) is 0 Å². The summed E-state index contributed by atoms with van der Waals surface area (Å²) in [5.41, 5.74) is 1.19. The molecule has 2 aliphatic heterocycles. The van der Waals surface area contributed by atoms with Crippen molar-refractivity contribution in [2.45, 2.75) is 50.8 Å². The Bertz CT molecular complexity index is 471. The summed E-state index contributed by atoms with van der Waals surface area (Å²) in [5, 5.41) is 3.42. The molecule has 3 rings (SSSR count). The molecular weight excluding hydrogens is 312 g/mol. The number of carbonyl (C=O) groups is 1. The number of amides is 1. The number of carbonyl (C=O) groups excluding carboxylic acids is 1. The van der Waals surface area contributed by atoms with E-state index in [0.717, 1.165) is 39.0 Å². The van der Waals surface area contributed by atoms with E-state index < -0.39 is 0 Å². The quantitative estimate of drug-likeness (QED) is 0.867. The van der Waals surface area contributed by atoms with Crippen LogP contribution in [0.3, 0.4) is 0 Å². The van der Waals surface area contributed by atoms with Gasteiger partial charge in [0.2, 0.25) is 5.91 Å². The minimum absolute atomic E-state index is 0. The Kier molecular flexibility index (Phi) is 7.34. The highest BCUT2D eigenvalue weighted by atomic mass is 35.5. The third kappa shape index (κ3) is 5.48. The lowest BCUT2D eigenvalue weighted by Crippen LogP contribution is -2.39. The average molecular weight is 339 g/mol. The molecule has 0 spiro atoms. The molecule has 2 atom stereocenters. The van der Waals surface area contributed by atoms with Crippen molar-refractivity contribution in [3.05, 3.63) is 35.9 Å². The highest BCUT2D eigenvalue weighted by Crippen LogP contribution is 2.17. The van der Waals surface area contributed by atoms with Gasteiger partial charge in [0.1, 0.15) is 0 Å². The summed E-state index contributed by atoms with van der Waals surface area (Å²) in [7, 11) is 0. The summed E-state index contributed by atoms with van der Waals surface area (Å²) < 4.78 is 5.73. The monoisotopic (exact) mass is 338 g/mol. The minimum atomic E-state index is 0. The maximum Gasteiger partial charge on any atom is 0.224 e. The standard InChI is InChI=1S/C18H26N2O2.ClH/c21-18(12-16-8-4-10-19-16)20(14-17-9-5-11-22-17)13-15-6-2-1-3-7-15;/h1-3,6-7,16-17,19H,4-5,8-14H2;1H. The van der Waals surface area contributed by atoms with Gasteiger partial charge in [0.05, 0.1) is 6.10 Å². The molecule has 2 fully saturated rings. The van der Waals surface area contributed by atoms with E-state index >= 15 is 0 Å². The van der Waals surface area contributed by atoms with E-state index in [1.807, 2.05) is 23.1 Å². The molecule has 1 aromatic rings. The Morgan fingerprint density at radius 2 is 2.04 bits per heavy atom. The molecule has 23 heavy (non-hydrogen) atoms. The first-order chi connectivity index (χ1) is 10.8. The van der Waals surface area contributed by atoms with Crippen LogP contribution in [0.15, 0.2) is 30.3 Å². The van der Waals surface area contributed by atoms with Crippen molar-refractivity contribution < 1.29 is 9.53 Å². The van der Waals surface area contributed by atoms with Crippen molar-refractivity contribution in [1.82, 2.24) is 10.2 Å². The molecule has 0 aliphatic carbocycles. The summed E-state index contributed by atoms with van der Waals surface area (Å²) in [5.74, 6) is 0.249. The van der Waals surface area contributed by atoms with Crippen molar-refractivity contribution >= 4 is 18.3 Å². The highest BCUT2D eigenvalue weighted by molar-refractivity contribution is 5.85. The summed E-state index contributed by atoms with van der Waals surface area (Å²) in [6, 6.07) is 10.6. The number of halogens is 1. The summed E-state index contributed by atoms with van der Waals surface area (Å²) in [4.78, 5) is 14.7. The van der Waals surface area contributed by atoms with E-state index in [4.69, 9.17) is 4.74 Å². The van der Waals surface area contributed by atoms with Gasteiger partial charge in [-0.05, 0) is 37.8 Å². The first kappa shape index (κ1) is 18.2. The molecule has 0 bridgehead atoms. The molecule has 2 unspecified atom stereocenters. The van der Waals surface area contributed by atoms with Crippen LogP contribution in [0.2, 0.25) is 0 Å². The van der Waals surface area contributed by atoms with Gasteiger partial charge in [-0.25, -0.2) is 0 Å². The van der Waals surface area contributed by atoms with Crippen LogP contribution in [0.4, 0.5) is 0 Å². The van der Waals surface area contributed by atoms with E-state index in [1.54, 1.807) is 0 Å². The average Bonchev–Trinajstić information content (AvgIpc) is 3.21. The van der Waals surface area contributed by atoms with Crippen molar-refractivity contribution in [2.24, 2.45) is 0 Å². The molecule has 1 aromatic carbocycles. The Morgan fingerprint density at radius 3 is 2.70 bits per heavy atom. The predicted molar refractivity (Wildman–Crippen MR) is 93.7 cm³/mol. The number of rotatable bonds is 6. The van der Waals surface area contributed by atoms with Crippen LogP contribution in [0.5, 0.6) is 0 Å². The zero-order valence-corrected chi connectivity index (χ0v) is 14.4. The Hall–Kier alpha value is -1.10. The van der Waals surface area contributed by atoms with Crippen LogP contribution >= 0.6 is 12.4 Å². The predicted octanol–water partition coefficient (Wildman–Crippen LogP) is 2.76. The van der Waals surface area contributed by atoms with Gasteiger partial charge >= 0.3 is 0 Å². The summed E-state index contributed by atoms with van der Waals surface area (Å²) >= 11 is 0. The molecule has 4 nitrogen and oxygen atoms in total. The number of nitrogens with zero attached hydrogens (tertiary/aromatic N) is 1. The zero-order valence-electron chi connectivity index (χ0n) is 13.6. The minimum Gasteiger partial charge on any atom is -0.376 e. The number of benzene rings is 1. The van der Waals surface area contributed by atoms with Crippen LogP contribution < -0.4 is 5.32 Å². The number of hydrogen-bond donors (Lipinski definition) is 1. The maximum absolute atomic E-state index is 12.7. The Morgan fingerprint density at radius 1 is 1.22 bits per heavy atom. The van der Waals surface area contributed by atoms with E-state index in [9.17, 15) is 4.79 Å². The first-order valence-electron chi connectivity index (χ1n) is 8.48. The molecule has 0 saturated carbocycles. The van der Waals surface area contributed by atoms with Gasteiger partial charge in [-0.1, -0.05) is 30.3 Å². The summed E-state index contributed by atoms with van der Waals surface area (Å²) in [6.07, 6.45) is 5.30. The van der Waals surface area contributed by atoms with E-state index in [-0.39, 0.29) is 24.4 Å². The molecule has 128 valence electrons. The first-order valence-corrected chi connectivity index (χ1v) is 8.48. The lowest BCUT2D eigenvalue weighted by atomic mass is 10.1. The fraction of sp³-hybridized carbons (Fsp3) is 0.611. The molecule has 2 aliphatic rings. The fourth-order valence-corrected chi connectivity index (χ4v) is 3.36. The topological polar surface area (TPSA) is 41.6 Å². The van der Waals surface area contributed by atoms with Crippen LogP contribution in [0, 0.1) is 0 Å². The highest BCUT2D eigenvalue weighted by Gasteiger charge is 2.25. The van der Waals surface area contributed by atoms with Crippen molar-refractivity contribution in [3.8, 4) is 0 Å². The number of nitrogens with one attached hydrogen (secondary N) is 1. The maximum atomic E-state index is 12.7. The third-order valence-electron chi connectivity index (χ3n) is 4.60. The van der Waals surface area contributed by atoms with Gasteiger partial charge in [0.25, 0.3) is 0 Å². The summed E-state index contributed by atoms with van der Waals surface area (Å²) in [6.45, 7) is 3.29.